The molecule has 6 aliphatic rings. The molecule has 0 aromatic heterocycles. The molecule has 2 aliphatic heterocycles. The number of methoxy groups -OCH3 is 1. The molecule has 35 heavy (non-hydrogen) atoms. The number of aliphatic hydroxyl groups is 1. The second-order valence-corrected chi connectivity index (χ2v) is 12.5. The van der Waals surface area contributed by atoms with Crippen LogP contribution >= 0.6 is 0 Å². The van der Waals surface area contributed by atoms with Gasteiger partial charge in [-0.1, -0.05) is 25.5 Å². The molecule has 8 unspecified atom stereocenters. The van der Waals surface area contributed by atoms with Crippen LogP contribution in [0.25, 0.3) is 0 Å². The van der Waals surface area contributed by atoms with E-state index in [9.17, 15) is 14.7 Å². The van der Waals surface area contributed by atoms with Crippen molar-refractivity contribution in [3.8, 4) is 0 Å². The van der Waals surface area contributed by atoms with Crippen LogP contribution in [0, 0.1) is 34.5 Å². The fraction of sp³-hybridized carbons (Fsp3) is 0.857. The summed E-state index contributed by atoms with van der Waals surface area (Å²) in [5.41, 5.74) is 0.668. The van der Waals surface area contributed by atoms with E-state index in [0.717, 1.165) is 25.7 Å². The maximum absolute atomic E-state index is 14.1. The number of carbonyl (C=O) groups is 2. The summed E-state index contributed by atoms with van der Waals surface area (Å²) in [6, 6.07) is 0. The minimum atomic E-state index is -0.658. The first-order chi connectivity index (χ1) is 16.6. The Hall–Kier alpha value is -1.12. The zero-order valence-corrected chi connectivity index (χ0v) is 21.6. The van der Waals surface area contributed by atoms with E-state index in [1.165, 1.54) is 5.57 Å². The Balaban J connectivity index is 1.23. The van der Waals surface area contributed by atoms with Crippen molar-refractivity contribution in [2.24, 2.45) is 34.5 Å². The summed E-state index contributed by atoms with van der Waals surface area (Å²) in [4.78, 5) is 27.4. The van der Waals surface area contributed by atoms with Crippen LogP contribution in [0.3, 0.4) is 0 Å². The van der Waals surface area contributed by atoms with Crippen molar-refractivity contribution in [1.29, 1.82) is 0 Å². The molecule has 7 nitrogen and oxygen atoms in total. The topological polar surface area (TPSA) is 91.3 Å². The van der Waals surface area contributed by atoms with Crippen molar-refractivity contribution in [2.45, 2.75) is 109 Å². The fourth-order valence-electron chi connectivity index (χ4n) is 9.14. The number of rotatable bonds is 3. The monoisotopic (exact) mass is 488 g/mol. The van der Waals surface area contributed by atoms with Gasteiger partial charge in [-0.05, 0) is 50.9 Å². The highest BCUT2D eigenvalue weighted by atomic mass is 16.7. The van der Waals surface area contributed by atoms with E-state index < -0.39 is 18.5 Å². The first kappa shape index (κ1) is 24.2. The number of ether oxygens (including phenoxy) is 4. The van der Waals surface area contributed by atoms with Gasteiger partial charge < -0.3 is 24.1 Å². The third-order valence-electron chi connectivity index (χ3n) is 10.9. The predicted octanol–water partition coefficient (Wildman–Crippen LogP) is 3.22. The summed E-state index contributed by atoms with van der Waals surface area (Å²) in [5, 5.41) is 10.3. The van der Waals surface area contributed by atoms with Crippen LogP contribution in [0.4, 0.5) is 0 Å². The Morgan fingerprint density at radius 3 is 2.60 bits per heavy atom. The summed E-state index contributed by atoms with van der Waals surface area (Å²) in [7, 11) is 1.61. The van der Waals surface area contributed by atoms with Crippen LogP contribution in [-0.2, 0) is 28.5 Å². The molecule has 194 valence electrons. The van der Waals surface area contributed by atoms with Crippen LogP contribution in [0.15, 0.2) is 11.6 Å². The highest BCUT2D eigenvalue weighted by Gasteiger charge is 2.72. The number of fused-ring (bicyclic) bond motifs is 4. The van der Waals surface area contributed by atoms with Gasteiger partial charge in [0.1, 0.15) is 18.0 Å². The standard InChI is InChI=1S/C28H40O7/c1-13-18-11-19(29)22-17-7-6-15-10-16(35-21-12-20(32-5)24(30)14(2)33-21)8-9-27(15,3)23(17)25(31)26(34-13)28(18,22)4/h6,13-14,16-18,20-24,26,30H,7-12H2,1-5H3/t13-,14?,16+,17?,18?,20?,21+,22+,23?,24+,26?,27?,28?/m1/s1. The van der Waals surface area contributed by atoms with Crippen molar-refractivity contribution in [3.05, 3.63) is 11.6 Å². The molecule has 2 heterocycles. The molecule has 4 aliphatic carbocycles. The Labute approximate surface area is 207 Å². The number of hydrogen-bond donors (Lipinski definition) is 1. The van der Waals surface area contributed by atoms with Crippen molar-refractivity contribution >= 4 is 11.6 Å². The average Bonchev–Trinajstić information content (AvgIpc) is 3.23. The Bertz CT molecular complexity index is 946. The summed E-state index contributed by atoms with van der Waals surface area (Å²) >= 11 is 0. The van der Waals surface area contributed by atoms with Gasteiger partial charge in [-0.2, -0.15) is 0 Å². The average molecular weight is 489 g/mol. The van der Waals surface area contributed by atoms with E-state index in [1.54, 1.807) is 7.11 Å². The van der Waals surface area contributed by atoms with Crippen LogP contribution < -0.4 is 0 Å². The summed E-state index contributed by atoms with van der Waals surface area (Å²) in [6.45, 7) is 8.27. The highest BCUT2D eigenvalue weighted by molar-refractivity contribution is 5.96. The van der Waals surface area contributed by atoms with Crippen molar-refractivity contribution in [2.75, 3.05) is 7.11 Å². The lowest BCUT2D eigenvalue weighted by atomic mass is 9.46. The Morgan fingerprint density at radius 2 is 1.86 bits per heavy atom. The SMILES string of the molecule is COC1C[C@H](O[C@H]2CCC3(C)C(=CCC4C3C(=O)C3O[C@H](C)C5CC(=O)[C@H]4C35C)C2)OC(C)[C@@H]1O. The third-order valence-corrected chi connectivity index (χ3v) is 10.9. The Morgan fingerprint density at radius 1 is 1.09 bits per heavy atom. The number of Topliss-reactive ketones (excluding diaryl/α,β-unsaturated/α-hetero) is 2. The lowest BCUT2D eigenvalue weighted by molar-refractivity contribution is -0.265. The van der Waals surface area contributed by atoms with E-state index in [0.29, 0.717) is 18.6 Å². The molecule has 0 bridgehead atoms. The van der Waals surface area contributed by atoms with Crippen LogP contribution in [0.5, 0.6) is 0 Å². The van der Waals surface area contributed by atoms with E-state index in [1.807, 2.05) is 13.8 Å². The summed E-state index contributed by atoms with van der Waals surface area (Å²) < 4.78 is 24.1. The highest BCUT2D eigenvalue weighted by Crippen LogP contribution is 2.67. The number of hydrogen-bond acceptors (Lipinski definition) is 7. The summed E-state index contributed by atoms with van der Waals surface area (Å²) in [6.07, 6.45) is 4.37. The molecule has 6 rings (SSSR count). The second-order valence-electron chi connectivity index (χ2n) is 12.5. The molecule has 5 fully saturated rings. The zero-order valence-electron chi connectivity index (χ0n) is 21.6. The first-order valence-electron chi connectivity index (χ1n) is 13.5. The third kappa shape index (κ3) is 3.27. The molecule has 2 saturated heterocycles. The van der Waals surface area contributed by atoms with Gasteiger partial charge in [0.25, 0.3) is 0 Å². The van der Waals surface area contributed by atoms with Gasteiger partial charge in [-0.25, -0.2) is 0 Å². The minimum absolute atomic E-state index is 0.0000260. The quantitative estimate of drug-likeness (QED) is 0.610. The number of carbonyl (C=O) groups excluding carboxylic acids is 2. The summed E-state index contributed by atoms with van der Waals surface area (Å²) in [5.74, 6) is 0.557. The smallest absolute Gasteiger partial charge is 0.166 e. The second kappa shape index (κ2) is 8.19. The molecule has 0 amide bonds. The van der Waals surface area contributed by atoms with Crippen molar-refractivity contribution < 1.29 is 33.6 Å². The molecular weight excluding hydrogens is 448 g/mol. The van der Waals surface area contributed by atoms with Crippen molar-refractivity contribution in [1.82, 2.24) is 0 Å². The lowest BCUT2D eigenvalue weighted by Gasteiger charge is -2.57. The molecule has 0 aromatic carbocycles. The number of aliphatic hydroxyl groups excluding tert-OH is 1. The molecular formula is C28H40O7. The van der Waals surface area contributed by atoms with Gasteiger partial charge in [0.2, 0.25) is 0 Å². The van der Waals surface area contributed by atoms with Gasteiger partial charge >= 0.3 is 0 Å². The van der Waals surface area contributed by atoms with E-state index in [4.69, 9.17) is 18.9 Å². The van der Waals surface area contributed by atoms with E-state index in [-0.39, 0.29) is 64.7 Å². The van der Waals surface area contributed by atoms with E-state index >= 15 is 0 Å². The lowest BCUT2D eigenvalue weighted by Crippen LogP contribution is -2.61. The van der Waals surface area contributed by atoms with Gasteiger partial charge in [0.15, 0.2) is 12.1 Å². The largest absolute Gasteiger partial charge is 0.388 e. The molecule has 0 aromatic rings. The number of ketones is 2. The van der Waals surface area contributed by atoms with Gasteiger partial charge in [-0.15, -0.1) is 0 Å². The minimum Gasteiger partial charge on any atom is -0.388 e. The van der Waals surface area contributed by atoms with Crippen LogP contribution in [0.2, 0.25) is 0 Å². The van der Waals surface area contributed by atoms with Gasteiger partial charge in [0, 0.05) is 43.1 Å². The molecule has 13 atom stereocenters. The zero-order chi connectivity index (χ0) is 24.9. The normalized spacial score (nSPS) is 55.3. The molecule has 0 spiro atoms. The van der Waals surface area contributed by atoms with Gasteiger partial charge in [0.05, 0.1) is 24.4 Å². The molecule has 1 N–H and O–H groups in total. The van der Waals surface area contributed by atoms with Gasteiger partial charge in [-0.3, -0.25) is 9.59 Å². The van der Waals surface area contributed by atoms with Crippen LogP contribution in [-0.4, -0.2) is 66.7 Å². The Kier molecular flexibility index (Phi) is 5.67. The van der Waals surface area contributed by atoms with Crippen molar-refractivity contribution in [3.63, 3.8) is 0 Å². The molecule has 0 radical (unpaired) electrons. The maximum atomic E-state index is 14.1. The fourth-order valence-corrected chi connectivity index (χ4v) is 9.14. The number of allylic oxidation sites excluding steroid dienone is 1. The van der Waals surface area contributed by atoms with E-state index in [2.05, 4.69) is 19.9 Å². The maximum Gasteiger partial charge on any atom is 0.166 e. The molecule has 7 heteroatoms. The first-order valence-corrected chi connectivity index (χ1v) is 13.5. The molecule has 3 saturated carbocycles. The van der Waals surface area contributed by atoms with Crippen LogP contribution in [0.1, 0.15) is 66.2 Å². The predicted molar refractivity (Wildman–Crippen MR) is 126 cm³/mol.